The molecule has 1 spiro atoms. The van der Waals surface area contributed by atoms with Gasteiger partial charge in [-0.2, -0.15) is 0 Å². The van der Waals surface area contributed by atoms with Gasteiger partial charge in [0.1, 0.15) is 17.4 Å². The second kappa shape index (κ2) is 8.48. The monoisotopic (exact) mass is 438 g/mol. The van der Waals surface area contributed by atoms with E-state index in [0.29, 0.717) is 29.3 Å². The first-order chi connectivity index (χ1) is 15.1. The molecule has 2 fully saturated rings. The van der Waals surface area contributed by atoms with Crippen LogP contribution in [-0.4, -0.2) is 52.1 Å². The number of likely N-dealkylation sites (tertiary alicyclic amines) is 1. The number of aromatic nitrogens is 2. The minimum Gasteiger partial charge on any atom is -0.495 e. The molecule has 7 nitrogen and oxygen atoms in total. The van der Waals surface area contributed by atoms with Gasteiger partial charge in [-0.1, -0.05) is 17.7 Å². The molecule has 0 bridgehead atoms. The Labute approximate surface area is 187 Å². The molecular weight excluding hydrogens is 412 g/mol. The molecule has 1 aromatic carbocycles. The Morgan fingerprint density at radius 3 is 2.81 bits per heavy atom. The van der Waals surface area contributed by atoms with Crippen LogP contribution < -0.4 is 10.1 Å². The maximum Gasteiger partial charge on any atom is 0.159 e. The van der Waals surface area contributed by atoms with E-state index in [1.807, 2.05) is 30.3 Å². The molecule has 2 aromatic rings. The Hall–Kier alpha value is -2.64. The molecule has 1 atom stereocenters. The maximum absolute atomic E-state index is 6.26. The first-order valence-electron chi connectivity index (χ1n) is 10.7. The molecule has 31 heavy (non-hydrogen) atoms. The number of ether oxygens (including phenoxy) is 1. The highest BCUT2D eigenvalue weighted by molar-refractivity contribution is 6.32. The van der Waals surface area contributed by atoms with Crippen molar-refractivity contribution in [1.82, 2.24) is 25.1 Å². The van der Waals surface area contributed by atoms with Gasteiger partial charge in [-0.05, 0) is 54.5 Å². The molecule has 1 saturated heterocycles. The highest BCUT2D eigenvalue weighted by atomic mass is 35.5. The van der Waals surface area contributed by atoms with Crippen molar-refractivity contribution >= 4 is 17.4 Å². The topological polar surface area (TPSA) is 65.9 Å². The third kappa shape index (κ3) is 4.52. The number of amidine groups is 1. The zero-order valence-electron chi connectivity index (χ0n) is 17.7. The van der Waals surface area contributed by atoms with Crippen LogP contribution in [0.4, 0.5) is 0 Å². The fraction of sp³-hybridized carbons (Fsp3) is 0.435. The van der Waals surface area contributed by atoms with Crippen molar-refractivity contribution in [2.24, 2.45) is 10.4 Å². The summed E-state index contributed by atoms with van der Waals surface area (Å²) in [5.41, 5.74) is 1.60. The Morgan fingerprint density at radius 2 is 2.10 bits per heavy atom. The predicted octanol–water partition coefficient (Wildman–Crippen LogP) is 3.43. The minimum atomic E-state index is 0.0481. The summed E-state index contributed by atoms with van der Waals surface area (Å²) in [7, 11) is 1.62. The maximum atomic E-state index is 6.26. The first-order valence-corrected chi connectivity index (χ1v) is 11.1. The first kappa shape index (κ1) is 20.3. The molecule has 1 saturated carbocycles. The molecule has 162 valence electrons. The molecule has 1 unspecified atom stereocenters. The molecule has 0 radical (unpaired) electrons. The van der Waals surface area contributed by atoms with E-state index < -0.39 is 0 Å². The molecule has 2 aliphatic heterocycles. The van der Waals surface area contributed by atoms with Gasteiger partial charge in [-0.3, -0.25) is 9.89 Å². The summed E-state index contributed by atoms with van der Waals surface area (Å²) in [5, 5.41) is 4.24. The Morgan fingerprint density at radius 1 is 1.26 bits per heavy atom. The molecule has 0 amide bonds. The smallest absolute Gasteiger partial charge is 0.159 e. The third-order valence-electron chi connectivity index (χ3n) is 6.38. The number of benzene rings is 1. The Bertz CT molecular complexity index is 991. The quantitative estimate of drug-likeness (QED) is 0.745. The summed E-state index contributed by atoms with van der Waals surface area (Å²) < 4.78 is 5.24. The lowest BCUT2D eigenvalue weighted by atomic mass is 10.1. The normalized spacial score (nSPS) is 23.4. The van der Waals surface area contributed by atoms with E-state index in [9.17, 15) is 0 Å². The zero-order valence-corrected chi connectivity index (χ0v) is 18.4. The van der Waals surface area contributed by atoms with E-state index in [0.717, 1.165) is 30.3 Å². The minimum absolute atomic E-state index is 0.0481. The van der Waals surface area contributed by atoms with Gasteiger partial charge in [0.05, 0.1) is 25.2 Å². The summed E-state index contributed by atoms with van der Waals surface area (Å²) in [4.78, 5) is 18.4. The van der Waals surface area contributed by atoms with Crippen LogP contribution in [0.15, 0.2) is 53.9 Å². The number of nitrogens with one attached hydrogen (secondary N) is 1. The van der Waals surface area contributed by atoms with Gasteiger partial charge < -0.3 is 15.0 Å². The second-order valence-electron chi connectivity index (χ2n) is 8.56. The largest absolute Gasteiger partial charge is 0.495 e. The van der Waals surface area contributed by atoms with E-state index in [4.69, 9.17) is 21.3 Å². The summed E-state index contributed by atoms with van der Waals surface area (Å²) in [6.45, 7) is 3.43. The van der Waals surface area contributed by atoms with Gasteiger partial charge >= 0.3 is 0 Å². The number of halogens is 1. The Balaban J connectivity index is 1.33. The van der Waals surface area contributed by atoms with Gasteiger partial charge in [-0.15, -0.1) is 0 Å². The fourth-order valence-electron chi connectivity index (χ4n) is 4.37. The van der Waals surface area contributed by atoms with E-state index in [-0.39, 0.29) is 6.29 Å². The number of methoxy groups -OCH3 is 1. The zero-order chi connectivity index (χ0) is 21.3. The van der Waals surface area contributed by atoms with Crippen molar-refractivity contribution in [2.75, 3.05) is 20.2 Å². The van der Waals surface area contributed by atoms with E-state index in [1.165, 1.54) is 19.3 Å². The van der Waals surface area contributed by atoms with Gasteiger partial charge in [0.2, 0.25) is 0 Å². The Kier molecular flexibility index (Phi) is 5.54. The number of rotatable bonds is 6. The van der Waals surface area contributed by atoms with Crippen molar-refractivity contribution in [3.05, 3.63) is 65.3 Å². The van der Waals surface area contributed by atoms with Crippen LogP contribution in [0.5, 0.6) is 5.75 Å². The standard InChI is InChI=1S/C23H27ClN6O/c1-31-19-4-3-17(13-18(19)24)14-27-20-5-11-29(15-21-25-9-2-10-26-21)22(28-20)30-12-8-23(16-30)6-7-23/h2-5,9-11,13,22H,6-8,12,14-16H2,1H3,(H,27,28). The number of hydrogen-bond donors (Lipinski definition) is 1. The molecule has 3 aliphatic rings. The van der Waals surface area contributed by atoms with Crippen LogP contribution >= 0.6 is 11.6 Å². The van der Waals surface area contributed by atoms with Gasteiger partial charge in [-0.25, -0.2) is 9.97 Å². The lowest BCUT2D eigenvalue weighted by molar-refractivity contribution is 0.0706. The predicted molar refractivity (Wildman–Crippen MR) is 121 cm³/mol. The van der Waals surface area contributed by atoms with Crippen LogP contribution in [0.1, 0.15) is 30.7 Å². The lowest BCUT2D eigenvalue weighted by Crippen LogP contribution is -2.57. The fourth-order valence-corrected chi connectivity index (χ4v) is 4.65. The van der Waals surface area contributed by atoms with Gasteiger partial charge in [0, 0.05) is 31.7 Å². The molecule has 3 heterocycles. The van der Waals surface area contributed by atoms with Crippen LogP contribution in [0, 0.1) is 5.41 Å². The molecule has 1 N–H and O–H groups in total. The summed E-state index contributed by atoms with van der Waals surface area (Å²) >= 11 is 6.26. The van der Waals surface area contributed by atoms with E-state index in [2.05, 4.69) is 31.3 Å². The van der Waals surface area contributed by atoms with Crippen molar-refractivity contribution in [3.63, 3.8) is 0 Å². The SMILES string of the molecule is COc1ccc(CN=C2C=CN(Cc3ncccn3)C(N3CCC4(CC4)C3)N2)cc1Cl. The van der Waals surface area contributed by atoms with Crippen molar-refractivity contribution < 1.29 is 4.74 Å². The molecule has 5 rings (SSSR count). The van der Waals surface area contributed by atoms with Gasteiger partial charge in [0.25, 0.3) is 0 Å². The average Bonchev–Trinajstić information content (AvgIpc) is 3.42. The molecule has 1 aromatic heterocycles. The molecule has 8 heteroatoms. The number of hydrogen-bond acceptors (Lipinski definition) is 6. The summed E-state index contributed by atoms with van der Waals surface area (Å²) in [5.74, 6) is 2.36. The van der Waals surface area contributed by atoms with Crippen molar-refractivity contribution in [3.8, 4) is 5.75 Å². The molecular formula is C23H27ClN6O. The van der Waals surface area contributed by atoms with E-state index in [1.54, 1.807) is 19.5 Å². The van der Waals surface area contributed by atoms with Crippen LogP contribution in [0.2, 0.25) is 5.02 Å². The van der Waals surface area contributed by atoms with Crippen molar-refractivity contribution in [1.29, 1.82) is 0 Å². The van der Waals surface area contributed by atoms with Crippen molar-refractivity contribution in [2.45, 2.75) is 38.6 Å². The van der Waals surface area contributed by atoms with Crippen LogP contribution in [0.25, 0.3) is 0 Å². The lowest BCUT2D eigenvalue weighted by Gasteiger charge is -2.40. The highest BCUT2D eigenvalue weighted by Crippen LogP contribution is 2.53. The summed E-state index contributed by atoms with van der Waals surface area (Å²) in [6, 6.07) is 7.63. The van der Waals surface area contributed by atoms with Crippen LogP contribution in [0.3, 0.4) is 0 Å². The second-order valence-corrected chi connectivity index (χ2v) is 8.97. The number of aliphatic imine (C=N–C) groups is 1. The van der Waals surface area contributed by atoms with Gasteiger partial charge in [0.15, 0.2) is 6.29 Å². The average molecular weight is 439 g/mol. The van der Waals surface area contributed by atoms with Crippen LogP contribution in [-0.2, 0) is 13.1 Å². The number of nitrogens with zero attached hydrogens (tertiary/aromatic N) is 5. The summed E-state index contributed by atoms with van der Waals surface area (Å²) in [6.07, 6.45) is 11.7. The molecule has 1 aliphatic carbocycles. The van der Waals surface area contributed by atoms with E-state index >= 15 is 0 Å². The highest BCUT2D eigenvalue weighted by Gasteiger charge is 2.49. The third-order valence-corrected chi connectivity index (χ3v) is 6.67.